The van der Waals surface area contributed by atoms with Crippen LogP contribution in [0.15, 0.2) is 0 Å². The molecule has 0 aromatic carbocycles. The van der Waals surface area contributed by atoms with E-state index in [0.717, 1.165) is 32.1 Å². The smallest absolute Gasteiger partial charge is 0.282 e. The summed E-state index contributed by atoms with van der Waals surface area (Å²) in [5, 5.41) is 9.43. The average molecular weight is 288 g/mol. The first-order chi connectivity index (χ1) is 9.13. The lowest BCUT2D eigenvalue weighted by atomic mass is 10.1. The summed E-state index contributed by atoms with van der Waals surface area (Å²) in [7, 11) is -3.37. The van der Waals surface area contributed by atoms with Crippen LogP contribution in [-0.4, -0.2) is 53.9 Å². The number of rotatable bonds is 6. The van der Waals surface area contributed by atoms with Gasteiger partial charge in [-0.05, 0) is 44.4 Å². The first-order valence-corrected chi connectivity index (χ1v) is 8.92. The molecule has 1 heterocycles. The molecule has 2 saturated carbocycles. The van der Waals surface area contributed by atoms with Gasteiger partial charge in [0.2, 0.25) is 0 Å². The van der Waals surface area contributed by atoms with E-state index in [1.807, 2.05) is 0 Å². The Balaban J connectivity index is 1.77. The van der Waals surface area contributed by atoms with Gasteiger partial charge in [-0.1, -0.05) is 6.42 Å². The maximum absolute atomic E-state index is 12.8. The highest BCUT2D eigenvalue weighted by atomic mass is 32.2. The highest BCUT2D eigenvalue weighted by molar-refractivity contribution is 7.86. The molecule has 1 saturated heterocycles. The summed E-state index contributed by atoms with van der Waals surface area (Å²) in [6.45, 7) is 1.21. The van der Waals surface area contributed by atoms with Crippen molar-refractivity contribution in [2.45, 2.75) is 57.0 Å². The van der Waals surface area contributed by atoms with Crippen molar-refractivity contribution in [3.8, 4) is 0 Å². The molecule has 2 aliphatic carbocycles. The summed E-state index contributed by atoms with van der Waals surface area (Å²) >= 11 is 0. The third-order valence-corrected chi connectivity index (χ3v) is 6.58. The fourth-order valence-electron chi connectivity index (χ4n) is 2.94. The Morgan fingerprint density at radius 2 is 1.84 bits per heavy atom. The highest BCUT2D eigenvalue weighted by Crippen LogP contribution is 2.38. The van der Waals surface area contributed by atoms with Gasteiger partial charge in [-0.2, -0.15) is 17.0 Å². The second-order valence-corrected chi connectivity index (χ2v) is 8.03. The zero-order valence-electron chi connectivity index (χ0n) is 11.4. The van der Waals surface area contributed by atoms with E-state index in [1.54, 1.807) is 8.61 Å². The van der Waals surface area contributed by atoms with Crippen LogP contribution in [-0.2, 0) is 10.2 Å². The van der Waals surface area contributed by atoms with Gasteiger partial charge in [-0.15, -0.1) is 0 Å². The van der Waals surface area contributed by atoms with E-state index in [-0.39, 0.29) is 18.7 Å². The van der Waals surface area contributed by atoms with Gasteiger partial charge in [0.15, 0.2) is 0 Å². The van der Waals surface area contributed by atoms with E-state index in [4.69, 9.17) is 0 Å². The van der Waals surface area contributed by atoms with Gasteiger partial charge < -0.3 is 5.11 Å². The first-order valence-electron chi connectivity index (χ1n) is 7.52. The molecule has 0 aromatic heterocycles. The molecule has 1 unspecified atom stereocenters. The Labute approximate surface area is 115 Å². The molecule has 1 N–H and O–H groups in total. The van der Waals surface area contributed by atoms with Crippen molar-refractivity contribution in [3.63, 3.8) is 0 Å². The molecule has 110 valence electrons. The van der Waals surface area contributed by atoms with Crippen molar-refractivity contribution >= 4 is 10.2 Å². The molecule has 1 aliphatic heterocycles. The summed E-state index contributed by atoms with van der Waals surface area (Å²) in [5.41, 5.74) is 0. The topological polar surface area (TPSA) is 60.9 Å². The number of hydrogen-bond donors (Lipinski definition) is 1. The fraction of sp³-hybridized carbons (Fsp3) is 1.00. The van der Waals surface area contributed by atoms with Crippen LogP contribution in [0, 0.1) is 5.92 Å². The normalized spacial score (nSPS) is 29.9. The lowest BCUT2D eigenvalue weighted by Gasteiger charge is -2.37. The van der Waals surface area contributed by atoms with Crippen LogP contribution in [0.5, 0.6) is 0 Å². The van der Waals surface area contributed by atoms with Gasteiger partial charge in [0, 0.05) is 25.2 Å². The van der Waals surface area contributed by atoms with Crippen LogP contribution < -0.4 is 0 Å². The summed E-state index contributed by atoms with van der Waals surface area (Å²) in [6, 6.07) is 0.0195. The summed E-state index contributed by atoms with van der Waals surface area (Å²) in [6.07, 6.45) is 7.07. The molecule has 19 heavy (non-hydrogen) atoms. The van der Waals surface area contributed by atoms with Gasteiger partial charge in [0.05, 0.1) is 6.61 Å². The number of aliphatic hydroxyl groups excluding tert-OH is 1. The highest BCUT2D eigenvalue weighted by Gasteiger charge is 2.44. The minimum atomic E-state index is -3.37. The Morgan fingerprint density at radius 1 is 1.11 bits per heavy atom. The molecule has 3 rings (SSSR count). The van der Waals surface area contributed by atoms with Crippen LogP contribution in [0.3, 0.4) is 0 Å². The standard InChI is InChI=1S/C13H24N2O3S/c16-10-13-3-1-2-8-14(13)19(17,18)15(12-6-7-12)9-11-4-5-11/h11-13,16H,1-10H2. The molecule has 1 atom stereocenters. The van der Waals surface area contributed by atoms with Gasteiger partial charge in [0.25, 0.3) is 10.2 Å². The Morgan fingerprint density at radius 3 is 2.42 bits per heavy atom. The largest absolute Gasteiger partial charge is 0.395 e. The van der Waals surface area contributed by atoms with Crippen molar-refractivity contribution in [1.29, 1.82) is 0 Å². The van der Waals surface area contributed by atoms with Crippen LogP contribution >= 0.6 is 0 Å². The Bertz CT molecular complexity index is 410. The average Bonchev–Trinajstić information content (AvgIpc) is 3.28. The molecule has 0 aromatic rings. The van der Waals surface area contributed by atoms with Crippen LogP contribution in [0.1, 0.15) is 44.9 Å². The Hall–Kier alpha value is -0.170. The predicted molar refractivity (Wildman–Crippen MR) is 72.8 cm³/mol. The van der Waals surface area contributed by atoms with E-state index in [9.17, 15) is 13.5 Å². The molecule has 0 bridgehead atoms. The van der Waals surface area contributed by atoms with Crippen molar-refractivity contribution in [1.82, 2.24) is 8.61 Å². The lowest BCUT2D eigenvalue weighted by molar-refractivity contribution is 0.146. The van der Waals surface area contributed by atoms with E-state index in [1.165, 1.54) is 12.8 Å². The zero-order valence-corrected chi connectivity index (χ0v) is 12.2. The number of hydrogen-bond acceptors (Lipinski definition) is 3. The molecular weight excluding hydrogens is 264 g/mol. The number of aliphatic hydroxyl groups is 1. The van der Waals surface area contributed by atoms with E-state index in [0.29, 0.717) is 19.0 Å². The molecule has 3 aliphatic rings. The van der Waals surface area contributed by atoms with Crippen LogP contribution in [0.2, 0.25) is 0 Å². The van der Waals surface area contributed by atoms with Crippen LogP contribution in [0.4, 0.5) is 0 Å². The van der Waals surface area contributed by atoms with E-state index in [2.05, 4.69) is 0 Å². The van der Waals surface area contributed by atoms with Crippen molar-refractivity contribution in [2.75, 3.05) is 19.7 Å². The molecule has 0 radical (unpaired) electrons. The van der Waals surface area contributed by atoms with Crippen LogP contribution in [0.25, 0.3) is 0 Å². The SMILES string of the molecule is O=S(=O)(N1CCCCC1CO)N(CC1CC1)C1CC1. The van der Waals surface area contributed by atoms with Crippen molar-refractivity contribution in [2.24, 2.45) is 5.92 Å². The maximum Gasteiger partial charge on any atom is 0.282 e. The lowest BCUT2D eigenvalue weighted by Crippen LogP contribution is -2.52. The second-order valence-electron chi connectivity index (χ2n) is 6.19. The molecule has 5 nitrogen and oxygen atoms in total. The van der Waals surface area contributed by atoms with E-state index >= 15 is 0 Å². The minimum absolute atomic E-state index is 0.0544. The minimum Gasteiger partial charge on any atom is -0.395 e. The number of piperidine rings is 1. The Kier molecular flexibility index (Phi) is 3.86. The van der Waals surface area contributed by atoms with Gasteiger partial charge >= 0.3 is 0 Å². The third-order valence-electron chi connectivity index (χ3n) is 4.47. The second kappa shape index (κ2) is 5.31. The van der Waals surface area contributed by atoms with E-state index < -0.39 is 10.2 Å². The van der Waals surface area contributed by atoms with Crippen molar-refractivity contribution in [3.05, 3.63) is 0 Å². The summed E-state index contributed by atoms with van der Waals surface area (Å²) in [5.74, 6) is 0.577. The zero-order chi connectivity index (χ0) is 13.5. The monoisotopic (exact) mass is 288 g/mol. The molecule has 0 amide bonds. The summed E-state index contributed by atoms with van der Waals surface area (Å²) in [4.78, 5) is 0. The molecule has 3 fully saturated rings. The quantitative estimate of drug-likeness (QED) is 0.791. The molecular formula is C13H24N2O3S. The van der Waals surface area contributed by atoms with Gasteiger partial charge in [-0.3, -0.25) is 0 Å². The predicted octanol–water partition coefficient (Wildman–Crippen LogP) is 0.952. The van der Waals surface area contributed by atoms with Gasteiger partial charge in [0.1, 0.15) is 0 Å². The summed E-state index contributed by atoms with van der Waals surface area (Å²) < 4.78 is 29.0. The number of nitrogens with zero attached hydrogens (tertiary/aromatic N) is 2. The molecule has 0 spiro atoms. The fourth-order valence-corrected chi connectivity index (χ4v) is 5.11. The maximum atomic E-state index is 12.8. The van der Waals surface area contributed by atoms with Gasteiger partial charge in [-0.25, -0.2) is 0 Å². The van der Waals surface area contributed by atoms with Crippen molar-refractivity contribution < 1.29 is 13.5 Å². The first kappa shape index (κ1) is 13.8. The third kappa shape index (κ3) is 2.96. The molecule has 6 heteroatoms.